The number of amides is 8. The number of hydrogen-bond acceptors (Lipinski definition) is 12. The first-order chi connectivity index (χ1) is 31.1. The van der Waals surface area contributed by atoms with E-state index in [0.29, 0.717) is 17.5 Å². The smallest absolute Gasteiger partial charge is 0.326 e. The second kappa shape index (κ2) is 25.5. The standard InChI is InChI=1S/C44H61N9O13/c1-23(2)18-32(43(64)53-17-11-16-33(53)44(65)66)51-40(61)30(20-27-14-9-6-10-15-27)50-42(63)36(25(4)54)52-41(62)31(22-34(46)55)48-37(58)24(3)47-39(60)29(19-26-12-7-5-8-13-26)49-38(59)28(45)21-35(56)57/h5-10,12-15,23-25,28-33,36,54H,11,16-22,45H2,1-4H3,(H2,46,55)(H,47,60)(H,48,58)(H,49,59)(H,50,63)(H,51,61)(H,52,62)(H,56,57)(H,65,66)/t24-,25+,28-,29-,30-,31-,32-,33-,36-/m0/s1. The van der Waals surface area contributed by atoms with Crippen LogP contribution in [0.25, 0.3) is 0 Å². The van der Waals surface area contributed by atoms with Gasteiger partial charge in [0.25, 0.3) is 0 Å². The van der Waals surface area contributed by atoms with Crippen molar-refractivity contribution < 1.29 is 63.3 Å². The van der Waals surface area contributed by atoms with Crippen LogP contribution in [0.2, 0.25) is 0 Å². The van der Waals surface area contributed by atoms with Gasteiger partial charge in [-0.2, -0.15) is 0 Å². The summed E-state index contributed by atoms with van der Waals surface area (Å²) in [6.07, 6.45) is -2.58. The van der Waals surface area contributed by atoms with E-state index < -0.39 is 126 Å². The maximum Gasteiger partial charge on any atom is 0.326 e. The van der Waals surface area contributed by atoms with E-state index in [1.807, 2.05) is 13.8 Å². The second-order valence-electron chi connectivity index (χ2n) is 16.6. The zero-order valence-corrected chi connectivity index (χ0v) is 37.2. The fourth-order valence-corrected chi connectivity index (χ4v) is 7.14. The van der Waals surface area contributed by atoms with Crippen molar-refractivity contribution in [2.45, 2.75) is 127 Å². The van der Waals surface area contributed by atoms with Gasteiger partial charge in [0, 0.05) is 19.4 Å². The Morgan fingerprint density at radius 2 is 1.12 bits per heavy atom. The van der Waals surface area contributed by atoms with Crippen molar-refractivity contribution in [1.29, 1.82) is 0 Å². The summed E-state index contributed by atoms with van der Waals surface area (Å²) < 4.78 is 0. The minimum Gasteiger partial charge on any atom is -0.481 e. The maximum absolute atomic E-state index is 14.0. The Balaban J connectivity index is 1.80. The third-order valence-corrected chi connectivity index (χ3v) is 10.6. The number of carbonyl (C=O) groups is 10. The Labute approximate surface area is 381 Å². The van der Waals surface area contributed by atoms with Gasteiger partial charge in [-0.25, -0.2) is 4.79 Å². The van der Waals surface area contributed by atoms with Crippen molar-refractivity contribution in [3.63, 3.8) is 0 Å². The molecular weight excluding hydrogens is 863 g/mol. The van der Waals surface area contributed by atoms with Crippen LogP contribution in [0, 0.1) is 5.92 Å². The number of nitrogens with two attached hydrogens (primary N) is 2. The second-order valence-corrected chi connectivity index (χ2v) is 16.6. The number of benzene rings is 2. The van der Waals surface area contributed by atoms with Crippen molar-refractivity contribution in [3.05, 3.63) is 71.8 Å². The molecule has 9 atom stereocenters. The number of aliphatic hydroxyl groups is 1. The molecule has 66 heavy (non-hydrogen) atoms. The van der Waals surface area contributed by atoms with Gasteiger partial charge in [-0.3, -0.25) is 43.2 Å². The van der Waals surface area contributed by atoms with E-state index in [0.717, 1.165) is 6.92 Å². The highest BCUT2D eigenvalue weighted by Crippen LogP contribution is 2.21. The molecule has 0 aliphatic carbocycles. The van der Waals surface area contributed by atoms with E-state index in [-0.39, 0.29) is 38.1 Å². The fraction of sp³-hybridized carbons (Fsp3) is 0.500. The fourth-order valence-electron chi connectivity index (χ4n) is 7.14. The SMILES string of the molecule is CC(C)C[C@H](NC(=O)[C@H](Cc1ccccc1)NC(=O)[C@@H](NC(=O)[C@H](CC(N)=O)NC(=O)[C@H](C)NC(=O)[C@H](Cc1ccccc1)NC(=O)[C@@H](N)CC(=O)O)[C@@H](C)O)C(=O)N1CCC[C@H]1C(=O)O. The molecule has 0 unspecified atom stereocenters. The van der Waals surface area contributed by atoms with Crippen LogP contribution in [0.1, 0.15) is 70.9 Å². The third kappa shape index (κ3) is 16.9. The Hall–Kier alpha value is -6.94. The first-order valence-corrected chi connectivity index (χ1v) is 21.4. The third-order valence-electron chi connectivity index (χ3n) is 10.6. The van der Waals surface area contributed by atoms with Gasteiger partial charge in [-0.1, -0.05) is 74.5 Å². The number of carbonyl (C=O) groups excluding carboxylic acids is 8. The molecule has 0 radical (unpaired) electrons. The Morgan fingerprint density at radius 1 is 0.636 bits per heavy atom. The van der Waals surface area contributed by atoms with E-state index in [1.165, 1.54) is 11.8 Å². The minimum absolute atomic E-state index is 0.0988. The molecular formula is C44H61N9O13. The highest BCUT2D eigenvalue weighted by Gasteiger charge is 2.40. The lowest BCUT2D eigenvalue weighted by atomic mass is 10.00. The number of carboxylic acids is 2. The summed E-state index contributed by atoms with van der Waals surface area (Å²) in [7, 11) is 0. The van der Waals surface area contributed by atoms with E-state index in [4.69, 9.17) is 16.6 Å². The van der Waals surface area contributed by atoms with Crippen LogP contribution in [0.3, 0.4) is 0 Å². The predicted molar refractivity (Wildman–Crippen MR) is 235 cm³/mol. The van der Waals surface area contributed by atoms with Gasteiger partial charge in [-0.15, -0.1) is 0 Å². The number of rotatable bonds is 25. The van der Waals surface area contributed by atoms with E-state index >= 15 is 0 Å². The largest absolute Gasteiger partial charge is 0.481 e. The van der Waals surface area contributed by atoms with Gasteiger partial charge in [0.2, 0.25) is 47.3 Å². The number of nitrogens with one attached hydrogen (secondary N) is 6. The van der Waals surface area contributed by atoms with Crippen molar-refractivity contribution >= 4 is 59.2 Å². The zero-order chi connectivity index (χ0) is 49.2. The van der Waals surface area contributed by atoms with Crippen LogP contribution in [0.15, 0.2) is 60.7 Å². The van der Waals surface area contributed by atoms with Crippen molar-refractivity contribution in [2.75, 3.05) is 6.54 Å². The van der Waals surface area contributed by atoms with Crippen molar-refractivity contribution in [2.24, 2.45) is 17.4 Å². The van der Waals surface area contributed by atoms with Crippen LogP contribution < -0.4 is 43.4 Å². The van der Waals surface area contributed by atoms with Gasteiger partial charge in [0.15, 0.2) is 0 Å². The molecule has 1 aliphatic rings. The molecule has 1 saturated heterocycles. The van der Waals surface area contributed by atoms with E-state index in [1.54, 1.807) is 60.7 Å². The average Bonchev–Trinajstić information content (AvgIpc) is 3.75. The lowest BCUT2D eigenvalue weighted by Gasteiger charge is -2.30. The molecule has 0 spiro atoms. The molecule has 22 heteroatoms. The van der Waals surface area contributed by atoms with Gasteiger partial charge in [-0.05, 0) is 50.2 Å². The monoisotopic (exact) mass is 923 g/mol. The molecule has 0 aromatic heterocycles. The molecule has 0 saturated carbocycles. The summed E-state index contributed by atoms with van der Waals surface area (Å²) in [5, 5.41) is 44.1. The molecule has 8 amide bonds. The van der Waals surface area contributed by atoms with Gasteiger partial charge in [0.05, 0.1) is 25.0 Å². The highest BCUT2D eigenvalue weighted by atomic mass is 16.4. The first-order valence-electron chi connectivity index (χ1n) is 21.4. The molecule has 1 heterocycles. The van der Waals surface area contributed by atoms with Gasteiger partial charge < -0.3 is 63.6 Å². The van der Waals surface area contributed by atoms with Crippen LogP contribution >= 0.6 is 0 Å². The van der Waals surface area contributed by atoms with Crippen LogP contribution in [-0.4, -0.2) is 140 Å². The Kier molecular flexibility index (Phi) is 20.7. The molecule has 2 aromatic rings. The Bertz CT molecular complexity index is 2050. The summed E-state index contributed by atoms with van der Waals surface area (Å²) in [4.78, 5) is 131. The lowest BCUT2D eigenvalue weighted by Crippen LogP contribution is -2.62. The summed E-state index contributed by atoms with van der Waals surface area (Å²) in [6, 6.07) is 5.32. The van der Waals surface area contributed by atoms with Crippen LogP contribution in [0.4, 0.5) is 0 Å². The molecule has 3 rings (SSSR count). The number of aliphatic hydroxyl groups excluding tert-OH is 1. The molecule has 2 aromatic carbocycles. The van der Waals surface area contributed by atoms with Crippen molar-refractivity contribution in [3.8, 4) is 0 Å². The number of aliphatic carboxylic acids is 2. The topological polar surface area (TPSA) is 359 Å². The molecule has 13 N–H and O–H groups in total. The summed E-state index contributed by atoms with van der Waals surface area (Å²) in [6.45, 7) is 6.17. The zero-order valence-electron chi connectivity index (χ0n) is 37.2. The van der Waals surface area contributed by atoms with Gasteiger partial charge >= 0.3 is 11.9 Å². The summed E-state index contributed by atoms with van der Waals surface area (Å²) >= 11 is 0. The minimum atomic E-state index is -1.81. The molecule has 1 aliphatic heterocycles. The highest BCUT2D eigenvalue weighted by molar-refractivity contribution is 5.99. The molecule has 0 bridgehead atoms. The van der Waals surface area contributed by atoms with Crippen molar-refractivity contribution in [1.82, 2.24) is 36.8 Å². The van der Waals surface area contributed by atoms with Gasteiger partial charge in [0.1, 0.15) is 42.3 Å². The number of hydrogen-bond donors (Lipinski definition) is 11. The first kappa shape index (κ1) is 53.4. The normalized spacial score (nSPS) is 17.0. The van der Waals surface area contributed by atoms with Crippen LogP contribution in [0.5, 0.6) is 0 Å². The van der Waals surface area contributed by atoms with Crippen LogP contribution in [-0.2, 0) is 60.8 Å². The molecule has 360 valence electrons. The van der Waals surface area contributed by atoms with E-state index in [2.05, 4.69) is 31.9 Å². The number of likely N-dealkylation sites (tertiary alicyclic amines) is 1. The number of carboxylic acid groups (broad SMARTS) is 2. The predicted octanol–water partition coefficient (Wildman–Crippen LogP) is -2.42. The molecule has 22 nitrogen and oxygen atoms in total. The summed E-state index contributed by atoms with van der Waals surface area (Å²) in [5.41, 5.74) is 12.3. The Morgan fingerprint density at radius 3 is 1.61 bits per heavy atom. The quantitative estimate of drug-likeness (QED) is 0.0494. The average molecular weight is 924 g/mol. The molecule has 1 fully saturated rings. The lowest BCUT2D eigenvalue weighted by molar-refractivity contribution is -0.149. The number of nitrogens with zero attached hydrogens (tertiary/aromatic N) is 1. The summed E-state index contributed by atoms with van der Waals surface area (Å²) in [5.74, 6) is -10.3. The van der Waals surface area contributed by atoms with E-state index in [9.17, 15) is 58.2 Å². The number of primary amides is 1. The maximum atomic E-state index is 14.0.